The summed E-state index contributed by atoms with van der Waals surface area (Å²) in [5, 5.41) is 12.6. The van der Waals surface area contributed by atoms with Crippen molar-refractivity contribution in [3.05, 3.63) is 58.4 Å². The van der Waals surface area contributed by atoms with Crippen molar-refractivity contribution in [3.8, 4) is 6.07 Å². The molecule has 0 aliphatic heterocycles. The number of anilines is 1. The van der Waals surface area contributed by atoms with Crippen LogP contribution in [0.3, 0.4) is 0 Å². The van der Waals surface area contributed by atoms with Crippen LogP contribution in [0, 0.1) is 25.2 Å². The Morgan fingerprint density at radius 2 is 1.83 bits per heavy atom. The number of ether oxygens (including phenoxy) is 1. The molecule has 0 aliphatic carbocycles. The van der Waals surface area contributed by atoms with E-state index in [1.165, 1.54) is 0 Å². The van der Waals surface area contributed by atoms with Gasteiger partial charge in [-0.1, -0.05) is 24.3 Å². The first-order valence-electron chi connectivity index (χ1n) is 7.81. The molecule has 4 heteroatoms. The highest BCUT2D eigenvalue weighted by molar-refractivity contribution is 5.60. The Hall–Kier alpha value is -2.38. The zero-order chi connectivity index (χ0) is 16.8. The van der Waals surface area contributed by atoms with Crippen LogP contribution in [0.1, 0.15) is 41.9 Å². The van der Waals surface area contributed by atoms with Gasteiger partial charge in [-0.05, 0) is 44.9 Å². The first-order valence-corrected chi connectivity index (χ1v) is 7.81. The van der Waals surface area contributed by atoms with Crippen molar-refractivity contribution < 1.29 is 4.74 Å². The average molecular weight is 309 g/mol. The van der Waals surface area contributed by atoms with Crippen LogP contribution >= 0.6 is 0 Å². The van der Waals surface area contributed by atoms with Gasteiger partial charge < -0.3 is 10.1 Å². The summed E-state index contributed by atoms with van der Waals surface area (Å²) in [6.07, 6.45) is 0.235. The molecule has 0 amide bonds. The number of pyridine rings is 1. The Labute approximate surface area is 138 Å². The molecule has 23 heavy (non-hydrogen) atoms. The van der Waals surface area contributed by atoms with E-state index < -0.39 is 0 Å². The molecule has 0 unspecified atom stereocenters. The zero-order valence-electron chi connectivity index (χ0n) is 14.2. The number of hydrogen-bond acceptors (Lipinski definition) is 4. The average Bonchev–Trinajstić information content (AvgIpc) is 2.51. The van der Waals surface area contributed by atoms with E-state index in [-0.39, 0.29) is 6.10 Å². The van der Waals surface area contributed by atoms with Crippen LogP contribution in [-0.2, 0) is 17.9 Å². The first kappa shape index (κ1) is 17.0. The Bertz CT molecular complexity index is 700. The molecule has 0 aliphatic rings. The predicted octanol–water partition coefficient (Wildman–Crippen LogP) is 4.11. The summed E-state index contributed by atoms with van der Waals surface area (Å²) in [6, 6.07) is 12.5. The summed E-state index contributed by atoms with van der Waals surface area (Å²) >= 11 is 0. The highest BCUT2D eigenvalue weighted by Crippen LogP contribution is 2.19. The van der Waals surface area contributed by atoms with Gasteiger partial charge in [0.2, 0.25) is 0 Å². The number of nitrogens with zero attached hydrogens (tertiary/aromatic N) is 2. The molecule has 0 fully saturated rings. The number of aryl methyl sites for hydroxylation is 2. The molecule has 1 aromatic carbocycles. The lowest BCUT2D eigenvalue weighted by molar-refractivity contribution is 0.0657. The van der Waals surface area contributed by atoms with Crippen molar-refractivity contribution in [3.63, 3.8) is 0 Å². The highest BCUT2D eigenvalue weighted by Gasteiger charge is 2.07. The van der Waals surface area contributed by atoms with Gasteiger partial charge in [0.25, 0.3) is 0 Å². The minimum atomic E-state index is 0.235. The summed E-state index contributed by atoms with van der Waals surface area (Å²) in [4.78, 5) is 4.33. The van der Waals surface area contributed by atoms with E-state index in [0.29, 0.717) is 18.7 Å². The molecule has 0 saturated carbocycles. The van der Waals surface area contributed by atoms with Gasteiger partial charge in [-0.3, -0.25) is 4.98 Å². The van der Waals surface area contributed by atoms with Crippen molar-refractivity contribution in [2.75, 3.05) is 5.32 Å². The first-order chi connectivity index (χ1) is 11.0. The van der Waals surface area contributed by atoms with E-state index in [1.807, 2.05) is 33.8 Å². The van der Waals surface area contributed by atoms with Crippen molar-refractivity contribution in [2.45, 2.75) is 47.0 Å². The number of rotatable bonds is 6. The Kier molecular flexibility index (Phi) is 5.72. The van der Waals surface area contributed by atoms with Gasteiger partial charge in [-0.15, -0.1) is 0 Å². The van der Waals surface area contributed by atoms with Crippen molar-refractivity contribution in [1.82, 2.24) is 4.98 Å². The van der Waals surface area contributed by atoms with E-state index in [9.17, 15) is 5.26 Å². The molecule has 0 bridgehead atoms. The van der Waals surface area contributed by atoms with Gasteiger partial charge in [-0.25, -0.2) is 0 Å². The van der Waals surface area contributed by atoms with E-state index in [1.54, 1.807) is 0 Å². The van der Waals surface area contributed by atoms with Crippen LogP contribution in [0.2, 0.25) is 0 Å². The van der Waals surface area contributed by atoms with Gasteiger partial charge in [0.1, 0.15) is 6.07 Å². The minimum absolute atomic E-state index is 0.235. The molecule has 1 N–H and O–H groups in total. The van der Waals surface area contributed by atoms with Crippen LogP contribution in [0.5, 0.6) is 0 Å². The highest BCUT2D eigenvalue weighted by atomic mass is 16.5. The third-order valence-electron chi connectivity index (χ3n) is 3.53. The lowest BCUT2D eigenvalue weighted by Crippen LogP contribution is -2.05. The monoisotopic (exact) mass is 309 g/mol. The lowest BCUT2D eigenvalue weighted by Gasteiger charge is -2.12. The minimum Gasteiger partial charge on any atom is -0.380 e. The molecule has 2 aromatic rings. The molecule has 1 aromatic heterocycles. The Balaban J connectivity index is 2.03. The maximum absolute atomic E-state index is 9.28. The van der Waals surface area contributed by atoms with Gasteiger partial charge in [0.15, 0.2) is 0 Å². The molecule has 0 spiro atoms. The maximum Gasteiger partial charge on any atom is 0.103 e. The second kappa shape index (κ2) is 7.75. The molecule has 120 valence electrons. The van der Waals surface area contributed by atoms with Crippen molar-refractivity contribution in [1.29, 1.82) is 5.26 Å². The quantitative estimate of drug-likeness (QED) is 0.872. The molecule has 4 nitrogen and oxygen atoms in total. The zero-order valence-corrected chi connectivity index (χ0v) is 14.2. The summed E-state index contributed by atoms with van der Waals surface area (Å²) in [5.41, 5.74) is 5.44. The predicted molar refractivity (Wildman–Crippen MR) is 92.1 cm³/mol. The van der Waals surface area contributed by atoms with Crippen molar-refractivity contribution >= 4 is 5.69 Å². The van der Waals surface area contributed by atoms with Crippen LogP contribution in [0.15, 0.2) is 30.3 Å². The third-order valence-corrected chi connectivity index (χ3v) is 3.53. The van der Waals surface area contributed by atoms with Gasteiger partial charge in [0, 0.05) is 12.2 Å². The van der Waals surface area contributed by atoms with Crippen LogP contribution in [0.25, 0.3) is 0 Å². The summed E-state index contributed by atoms with van der Waals surface area (Å²) in [7, 11) is 0. The molecular weight excluding hydrogens is 286 g/mol. The second-order valence-corrected chi connectivity index (χ2v) is 5.91. The maximum atomic E-state index is 9.28. The molecule has 0 saturated heterocycles. The van der Waals surface area contributed by atoms with Crippen LogP contribution in [-0.4, -0.2) is 11.1 Å². The normalized spacial score (nSPS) is 10.6. The fraction of sp³-hybridized carbons (Fsp3) is 0.368. The topological polar surface area (TPSA) is 57.9 Å². The Morgan fingerprint density at radius 3 is 2.43 bits per heavy atom. The molecule has 2 rings (SSSR count). The fourth-order valence-electron chi connectivity index (χ4n) is 2.32. The van der Waals surface area contributed by atoms with Gasteiger partial charge in [-0.2, -0.15) is 5.26 Å². The van der Waals surface area contributed by atoms with Crippen LogP contribution in [0.4, 0.5) is 5.69 Å². The number of nitrogens with one attached hydrogen (secondary N) is 1. The SMILES string of the molecule is Cc1cc(NCc2ccc(COC(C)C)cc2)c(C#N)c(C)n1. The molecule has 0 radical (unpaired) electrons. The Morgan fingerprint density at radius 1 is 1.17 bits per heavy atom. The summed E-state index contributed by atoms with van der Waals surface area (Å²) < 4.78 is 5.60. The lowest BCUT2D eigenvalue weighted by atomic mass is 10.1. The number of benzene rings is 1. The van der Waals surface area contributed by atoms with Crippen LogP contribution < -0.4 is 5.32 Å². The third kappa shape index (κ3) is 4.80. The van der Waals surface area contributed by atoms with Crippen molar-refractivity contribution in [2.24, 2.45) is 0 Å². The molecular formula is C19H23N3O. The largest absolute Gasteiger partial charge is 0.380 e. The standard InChI is InChI=1S/C19H23N3O/c1-13(2)23-12-17-7-5-16(6-8-17)11-21-19-9-14(3)22-15(4)18(19)10-20/h5-9,13H,11-12H2,1-4H3,(H,21,22). The smallest absolute Gasteiger partial charge is 0.103 e. The summed E-state index contributed by atoms with van der Waals surface area (Å²) in [6.45, 7) is 9.16. The van der Waals surface area contributed by atoms with Gasteiger partial charge in [0.05, 0.1) is 29.7 Å². The van der Waals surface area contributed by atoms with E-state index >= 15 is 0 Å². The molecule has 1 heterocycles. The number of hydrogen-bond donors (Lipinski definition) is 1. The van der Waals surface area contributed by atoms with Gasteiger partial charge >= 0.3 is 0 Å². The van der Waals surface area contributed by atoms with E-state index in [0.717, 1.165) is 28.2 Å². The number of aromatic nitrogens is 1. The summed E-state index contributed by atoms with van der Waals surface area (Å²) in [5.74, 6) is 0. The van der Waals surface area contributed by atoms with E-state index in [2.05, 4.69) is 40.6 Å². The number of nitriles is 1. The second-order valence-electron chi connectivity index (χ2n) is 5.91. The fourth-order valence-corrected chi connectivity index (χ4v) is 2.32. The van der Waals surface area contributed by atoms with E-state index in [4.69, 9.17) is 4.74 Å². The molecule has 0 atom stereocenters.